The van der Waals surface area contributed by atoms with Gasteiger partial charge in [-0.3, -0.25) is 4.79 Å². The van der Waals surface area contributed by atoms with Crippen LogP contribution in [0.1, 0.15) is 23.3 Å². The topological polar surface area (TPSA) is 46.9 Å². The zero-order chi connectivity index (χ0) is 15.6. The summed E-state index contributed by atoms with van der Waals surface area (Å²) in [5, 5.41) is 7.54. The number of benzene rings is 2. The molecule has 1 N–H and O–H groups in total. The lowest BCUT2D eigenvalue weighted by atomic mass is 10.1. The van der Waals surface area contributed by atoms with Gasteiger partial charge in [0.25, 0.3) is 5.91 Å². The molecule has 3 aromatic rings. The van der Waals surface area contributed by atoms with Crippen LogP contribution in [-0.2, 0) is 0 Å². The molecule has 2 aromatic carbocycles. The van der Waals surface area contributed by atoms with Crippen LogP contribution in [0.3, 0.4) is 0 Å². The van der Waals surface area contributed by atoms with Crippen LogP contribution in [0.2, 0.25) is 0 Å². The van der Waals surface area contributed by atoms with Crippen LogP contribution in [0.4, 0.5) is 0 Å². The van der Waals surface area contributed by atoms with E-state index in [0.717, 1.165) is 29.8 Å². The highest BCUT2D eigenvalue weighted by Gasteiger charge is 2.25. The third kappa shape index (κ3) is 2.88. The number of rotatable bonds is 4. The maximum absolute atomic E-state index is 12.3. The fourth-order valence-corrected chi connectivity index (χ4v) is 2.56. The van der Waals surface area contributed by atoms with E-state index in [2.05, 4.69) is 10.4 Å². The Morgan fingerprint density at radius 1 is 1.00 bits per heavy atom. The van der Waals surface area contributed by atoms with Gasteiger partial charge < -0.3 is 5.32 Å². The number of para-hydroxylation sites is 1. The fraction of sp³-hybridized carbons (Fsp3) is 0.158. The van der Waals surface area contributed by atoms with Crippen molar-refractivity contribution in [2.45, 2.75) is 18.9 Å². The molecule has 4 heteroatoms. The summed E-state index contributed by atoms with van der Waals surface area (Å²) >= 11 is 0. The largest absolute Gasteiger partial charge is 0.348 e. The van der Waals surface area contributed by atoms with Gasteiger partial charge in [0.15, 0.2) is 5.69 Å². The lowest BCUT2D eigenvalue weighted by molar-refractivity contribution is 0.0945. The molecule has 1 aromatic heterocycles. The lowest BCUT2D eigenvalue weighted by Gasteiger charge is -2.07. The predicted molar refractivity (Wildman–Crippen MR) is 89.5 cm³/mol. The van der Waals surface area contributed by atoms with Crippen LogP contribution in [0.5, 0.6) is 0 Å². The molecule has 1 saturated carbocycles. The van der Waals surface area contributed by atoms with E-state index in [1.807, 2.05) is 71.4 Å². The summed E-state index contributed by atoms with van der Waals surface area (Å²) in [5.41, 5.74) is 3.35. The first kappa shape index (κ1) is 13.8. The van der Waals surface area contributed by atoms with E-state index in [4.69, 9.17) is 0 Å². The van der Waals surface area contributed by atoms with Crippen LogP contribution in [0.25, 0.3) is 16.9 Å². The molecule has 1 heterocycles. The quantitative estimate of drug-likeness (QED) is 0.802. The SMILES string of the molecule is O=C(NC1CC1)c1cc(-c2ccccc2)n(-c2ccccc2)n1. The third-order valence-corrected chi connectivity index (χ3v) is 3.92. The number of hydrogen-bond donors (Lipinski definition) is 1. The molecule has 1 fully saturated rings. The number of nitrogens with one attached hydrogen (secondary N) is 1. The maximum Gasteiger partial charge on any atom is 0.272 e. The highest BCUT2D eigenvalue weighted by molar-refractivity contribution is 5.94. The van der Waals surface area contributed by atoms with Crippen molar-refractivity contribution in [2.75, 3.05) is 0 Å². The van der Waals surface area contributed by atoms with E-state index < -0.39 is 0 Å². The Bertz CT molecular complexity index is 763. The first-order valence-corrected chi connectivity index (χ1v) is 7.83. The van der Waals surface area contributed by atoms with Gasteiger partial charge in [-0.2, -0.15) is 5.10 Å². The standard InChI is InChI=1S/C19H17N3O/c23-19(20-15-11-12-15)17-13-18(14-7-3-1-4-8-14)22(21-17)16-9-5-2-6-10-16/h1-10,13,15H,11-12H2,(H,20,23). The van der Waals surface area contributed by atoms with E-state index in [-0.39, 0.29) is 5.91 Å². The van der Waals surface area contributed by atoms with E-state index >= 15 is 0 Å². The van der Waals surface area contributed by atoms with E-state index in [1.54, 1.807) is 0 Å². The molecule has 0 radical (unpaired) electrons. The molecular weight excluding hydrogens is 286 g/mol. The van der Waals surface area contributed by atoms with Crippen molar-refractivity contribution in [3.05, 3.63) is 72.4 Å². The molecule has 1 amide bonds. The molecule has 23 heavy (non-hydrogen) atoms. The highest BCUT2D eigenvalue weighted by Crippen LogP contribution is 2.25. The maximum atomic E-state index is 12.3. The molecule has 1 aliphatic rings. The Kier molecular flexibility index (Phi) is 3.42. The number of hydrogen-bond acceptors (Lipinski definition) is 2. The molecular formula is C19H17N3O. The van der Waals surface area contributed by atoms with Crippen LogP contribution >= 0.6 is 0 Å². The van der Waals surface area contributed by atoms with Crippen LogP contribution < -0.4 is 5.32 Å². The Labute approximate surface area is 134 Å². The van der Waals surface area contributed by atoms with Crippen LogP contribution in [0.15, 0.2) is 66.7 Å². The summed E-state index contributed by atoms with van der Waals surface area (Å²) in [5.74, 6) is -0.0978. The average Bonchev–Trinajstić information content (AvgIpc) is 3.30. The van der Waals surface area contributed by atoms with Crippen molar-refractivity contribution in [3.8, 4) is 16.9 Å². The first-order valence-electron chi connectivity index (χ1n) is 7.83. The highest BCUT2D eigenvalue weighted by atomic mass is 16.2. The summed E-state index contributed by atoms with van der Waals surface area (Å²) in [6, 6.07) is 22.1. The second-order valence-corrected chi connectivity index (χ2v) is 5.78. The van der Waals surface area contributed by atoms with Crippen molar-refractivity contribution in [1.82, 2.24) is 15.1 Å². The average molecular weight is 303 g/mol. The Morgan fingerprint density at radius 3 is 2.30 bits per heavy atom. The van der Waals surface area contributed by atoms with Crippen molar-refractivity contribution >= 4 is 5.91 Å². The van der Waals surface area contributed by atoms with E-state index in [0.29, 0.717) is 11.7 Å². The predicted octanol–water partition coefficient (Wildman–Crippen LogP) is 3.43. The molecule has 114 valence electrons. The number of aromatic nitrogens is 2. The molecule has 0 spiro atoms. The van der Waals surface area contributed by atoms with Crippen molar-refractivity contribution in [2.24, 2.45) is 0 Å². The lowest BCUT2D eigenvalue weighted by Crippen LogP contribution is -2.25. The fourth-order valence-electron chi connectivity index (χ4n) is 2.56. The van der Waals surface area contributed by atoms with Crippen molar-refractivity contribution < 1.29 is 4.79 Å². The molecule has 0 saturated heterocycles. The minimum Gasteiger partial charge on any atom is -0.348 e. The Hall–Kier alpha value is -2.88. The Balaban J connectivity index is 1.79. The minimum atomic E-state index is -0.0978. The molecule has 0 unspecified atom stereocenters. The van der Waals surface area contributed by atoms with Gasteiger partial charge in [-0.25, -0.2) is 4.68 Å². The van der Waals surface area contributed by atoms with Gasteiger partial charge in [-0.15, -0.1) is 0 Å². The monoisotopic (exact) mass is 303 g/mol. The van der Waals surface area contributed by atoms with Crippen LogP contribution in [0, 0.1) is 0 Å². The summed E-state index contributed by atoms with van der Waals surface area (Å²) < 4.78 is 1.83. The molecule has 0 bridgehead atoms. The van der Waals surface area contributed by atoms with Gasteiger partial charge in [-0.05, 0) is 31.0 Å². The van der Waals surface area contributed by atoms with Gasteiger partial charge in [0.2, 0.25) is 0 Å². The van der Waals surface area contributed by atoms with E-state index in [1.165, 1.54) is 0 Å². The van der Waals surface area contributed by atoms with Gasteiger partial charge in [-0.1, -0.05) is 48.5 Å². The Morgan fingerprint density at radius 2 is 1.65 bits per heavy atom. The number of carbonyl (C=O) groups is 1. The molecule has 4 nitrogen and oxygen atoms in total. The van der Waals surface area contributed by atoms with Gasteiger partial charge in [0, 0.05) is 11.6 Å². The third-order valence-electron chi connectivity index (χ3n) is 3.92. The zero-order valence-corrected chi connectivity index (χ0v) is 12.6. The van der Waals surface area contributed by atoms with Gasteiger partial charge in [0.05, 0.1) is 11.4 Å². The molecule has 0 atom stereocenters. The van der Waals surface area contributed by atoms with Gasteiger partial charge >= 0.3 is 0 Å². The zero-order valence-electron chi connectivity index (χ0n) is 12.6. The van der Waals surface area contributed by atoms with Crippen molar-refractivity contribution in [3.63, 3.8) is 0 Å². The second-order valence-electron chi connectivity index (χ2n) is 5.78. The molecule has 4 rings (SSSR count). The minimum absolute atomic E-state index is 0.0978. The number of amides is 1. The summed E-state index contributed by atoms with van der Waals surface area (Å²) in [6.07, 6.45) is 2.13. The van der Waals surface area contributed by atoms with Crippen LogP contribution in [-0.4, -0.2) is 21.7 Å². The molecule has 1 aliphatic carbocycles. The van der Waals surface area contributed by atoms with Gasteiger partial charge in [0.1, 0.15) is 0 Å². The number of carbonyl (C=O) groups excluding carboxylic acids is 1. The van der Waals surface area contributed by atoms with Crippen molar-refractivity contribution in [1.29, 1.82) is 0 Å². The first-order chi connectivity index (χ1) is 11.3. The summed E-state index contributed by atoms with van der Waals surface area (Å²) in [7, 11) is 0. The summed E-state index contributed by atoms with van der Waals surface area (Å²) in [4.78, 5) is 12.3. The number of nitrogens with zero attached hydrogens (tertiary/aromatic N) is 2. The molecule has 0 aliphatic heterocycles. The summed E-state index contributed by atoms with van der Waals surface area (Å²) in [6.45, 7) is 0. The van der Waals surface area contributed by atoms with E-state index in [9.17, 15) is 4.79 Å². The normalized spacial score (nSPS) is 13.7. The second kappa shape index (κ2) is 5.72. The smallest absolute Gasteiger partial charge is 0.272 e.